The molecule has 280 valence electrons. The van der Waals surface area contributed by atoms with Crippen LogP contribution < -0.4 is 21.9 Å². The van der Waals surface area contributed by atoms with Crippen LogP contribution in [-0.4, -0.2) is 69.8 Å². The molecule has 0 radical (unpaired) electrons. The van der Waals surface area contributed by atoms with Crippen LogP contribution in [0.3, 0.4) is 0 Å². The van der Waals surface area contributed by atoms with Crippen LogP contribution in [-0.2, 0) is 36.4 Å². The molecule has 1 aromatic heterocycles. The summed E-state index contributed by atoms with van der Waals surface area (Å²) in [6, 6.07) is 18.2. The van der Waals surface area contributed by atoms with E-state index in [2.05, 4.69) is 10.6 Å². The quantitative estimate of drug-likeness (QED) is 0.283. The zero-order valence-electron chi connectivity index (χ0n) is 29.9. The van der Waals surface area contributed by atoms with Gasteiger partial charge < -0.3 is 30.6 Å². The Hall–Kier alpha value is -4.56. The Morgan fingerprint density at radius 1 is 0.923 bits per heavy atom. The number of rotatable bonds is 9. The molecule has 5 rings (SSSR count). The largest absolute Gasteiger partial charge is 0.458 e. The monoisotopic (exact) mass is 751 g/mol. The topological polar surface area (TPSA) is 170 Å². The number of benzene rings is 2. The standard InChI is InChI=1S/C38H45N5O7.2H2S/c1-37(2,3)50-35(48)30(23-31(39)44)41-36(49)38(24-11-6-5-7-12-24)19-16-27(26-13-8-9-15-29(26)38)34(47)43-21-17-25(18-22-43)40-32(45)28-14-10-20-42(4)33(28)46;;/h5-15,20,25,27,30H,16-19,21-23H2,1-4H3,(H2,39,44)(H,40,45)(H,41,49);2*1H2/t27-,30-,38+;;/m0../s1. The summed E-state index contributed by atoms with van der Waals surface area (Å²) in [4.78, 5) is 81.0. The molecule has 3 aromatic rings. The third-order valence-corrected chi connectivity index (χ3v) is 9.47. The van der Waals surface area contributed by atoms with Gasteiger partial charge in [0.05, 0.1) is 17.8 Å². The second kappa shape index (κ2) is 17.3. The fourth-order valence-corrected chi connectivity index (χ4v) is 7.03. The zero-order valence-corrected chi connectivity index (χ0v) is 31.9. The lowest BCUT2D eigenvalue weighted by atomic mass is 9.62. The van der Waals surface area contributed by atoms with Gasteiger partial charge in [-0.05, 0) is 75.3 Å². The van der Waals surface area contributed by atoms with E-state index in [-0.39, 0.29) is 56.5 Å². The van der Waals surface area contributed by atoms with E-state index in [0.717, 1.165) is 0 Å². The molecule has 0 saturated carbocycles. The molecule has 3 atom stereocenters. The minimum Gasteiger partial charge on any atom is -0.458 e. The SMILES string of the molecule is Cn1cccc(C(=O)NC2CCN(C(=O)[C@H]3CC[C@@](C(=O)N[C@@H](CC(N)=O)C(=O)OC(C)(C)C)(c4ccccc4)c4ccccc43)CC2)c1=O.S.S. The summed E-state index contributed by atoms with van der Waals surface area (Å²) < 4.78 is 6.88. The Morgan fingerprint density at radius 2 is 1.56 bits per heavy atom. The summed E-state index contributed by atoms with van der Waals surface area (Å²) in [5, 5.41) is 5.75. The van der Waals surface area contributed by atoms with E-state index >= 15 is 0 Å². The highest BCUT2D eigenvalue weighted by molar-refractivity contribution is 7.59. The molecule has 1 saturated heterocycles. The number of pyridine rings is 1. The number of piperidine rings is 1. The van der Waals surface area contributed by atoms with Crippen LogP contribution in [0.5, 0.6) is 0 Å². The molecular formula is C38H49N5O7S2. The average Bonchev–Trinajstić information content (AvgIpc) is 3.08. The second-order valence-corrected chi connectivity index (χ2v) is 14.1. The maximum Gasteiger partial charge on any atom is 0.329 e. The highest BCUT2D eigenvalue weighted by atomic mass is 32.1. The van der Waals surface area contributed by atoms with Crippen molar-refractivity contribution in [2.24, 2.45) is 12.8 Å². The summed E-state index contributed by atoms with van der Waals surface area (Å²) in [7, 11) is 1.59. The smallest absolute Gasteiger partial charge is 0.329 e. The molecule has 14 heteroatoms. The molecular weight excluding hydrogens is 703 g/mol. The lowest BCUT2D eigenvalue weighted by molar-refractivity contribution is -0.159. The number of ether oxygens (including phenoxy) is 1. The van der Waals surface area contributed by atoms with Gasteiger partial charge in [-0.1, -0.05) is 54.6 Å². The predicted molar refractivity (Wildman–Crippen MR) is 207 cm³/mol. The summed E-state index contributed by atoms with van der Waals surface area (Å²) in [6.07, 6.45) is 2.81. The number of aromatic nitrogens is 1. The molecule has 1 fully saturated rings. The molecule has 4 N–H and O–H groups in total. The number of esters is 1. The molecule has 1 aliphatic heterocycles. The number of amides is 4. The highest BCUT2D eigenvalue weighted by Crippen LogP contribution is 2.48. The van der Waals surface area contributed by atoms with Crippen molar-refractivity contribution < 1.29 is 28.7 Å². The normalized spacial score (nSPS) is 19.1. The second-order valence-electron chi connectivity index (χ2n) is 14.1. The Labute approximate surface area is 317 Å². The van der Waals surface area contributed by atoms with E-state index in [9.17, 15) is 28.8 Å². The first kappa shape index (κ1) is 41.9. The van der Waals surface area contributed by atoms with Crippen LogP contribution in [0.2, 0.25) is 0 Å². The third-order valence-electron chi connectivity index (χ3n) is 9.47. The van der Waals surface area contributed by atoms with Crippen LogP contribution in [0.1, 0.15) is 85.8 Å². The number of aryl methyl sites for hydroxylation is 1. The Bertz CT molecular complexity index is 1840. The fraction of sp³-hybridized carbons (Fsp3) is 0.421. The molecule has 52 heavy (non-hydrogen) atoms. The van der Waals surface area contributed by atoms with Gasteiger partial charge in [0.1, 0.15) is 17.2 Å². The van der Waals surface area contributed by atoms with E-state index in [1.165, 1.54) is 10.6 Å². The van der Waals surface area contributed by atoms with Gasteiger partial charge in [0.25, 0.3) is 11.5 Å². The van der Waals surface area contributed by atoms with E-state index in [0.29, 0.717) is 49.0 Å². The van der Waals surface area contributed by atoms with Crippen LogP contribution in [0.15, 0.2) is 77.7 Å². The molecule has 2 aliphatic rings. The van der Waals surface area contributed by atoms with Crippen molar-refractivity contribution in [3.05, 3.63) is 106 Å². The van der Waals surface area contributed by atoms with E-state index in [1.807, 2.05) is 54.6 Å². The number of hydrogen-bond acceptors (Lipinski definition) is 7. The molecule has 1 aliphatic carbocycles. The van der Waals surface area contributed by atoms with Gasteiger partial charge in [0.2, 0.25) is 17.7 Å². The number of carbonyl (C=O) groups is 5. The minimum atomic E-state index is -1.31. The summed E-state index contributed by atoms with van der Waals surface area (Å²) in [5.41, 5.74) is 5.08. The Morgan fingerprint density at radius 3 is 2.19 bits per heavy atom. The van der Waals surface area contributed by atoms with E-state index < -0.39 is 53.1 Å². The summed E-state index contributed by atoms with van der Waals surface area (Å²) >= 11 is 0. The number of nitrogens with two attached hydrogens (primary N) is 1. The molecule has 12 nitrogen and oxygen atoms in total. The summed E-state index contributed by atoms with van der Waals surface area (Å²) in [6.45, 7) is 5.93. The zero-order chi connectivity index (χ0) is 36.2. The maximum atomic E-state index is 14.6. The first-order valence-electron chi connectivity index (χ1n) is 16.9. The number of nitrogens with zero attached hydrogens (tertiary/aromatic N) is 2. The fourth-order valence-electron chi connectivity index (χ4n) is 7.03. The van der Waals surface area contributed by atoms with Gasteiger partial charge in [0.15, 0.2) is 0 Å². The third kappa shape index (κ3) is 9.08. The number of hydrogen-bond donors (Lipinski definition) is 3. The van der Waals surface area contributed by atoms with Crippen LogP contribution >= 0.6 is 27.0 Å². The van der Waals surface area contributed by atoms with Crippen molar-refractivity contribution >= 4 is 56.6 Å². The minimum absolute atomic E-state index is 0. The molecule has 0 bridgehead atoms. The Kier molecular flexibility index (Phi) is 13.9. The first-order chi connectivity index (χ1) is 23.7. The average molecular weight is 752 g/mol. The molecule has 2 heterocycles. The lowest BCUT2D eigenvalue weighted by Gasteiger charge is -2.43. The van der Waals surface area contributed by atoms with Gasteiger partial charge >= 0.3 is 5.97 Å². The number of carbonyl (C=O) groups excluding carboxylic acids is 5. The number of fused-ring (bicyclic) bond motifs is 1. The van der Waals surface area contributed by atoms with E-state index in [4.69, 9.17) is 10.5 Å². The van der Waals surface area contributed by atoms with Gasteiger partial charge in [0, 0.05) is 32.4 Å². The molecule has 0 spiro atoms. The van der Waals surface area contributed by atoms with Crippen LogP contribution in [0.25, 0.3) is 0 Å². The number of nitrogens with one attached hydrogen (secondary N) is 2. The van der Waals surface area contributed by atoms with Crippen molar-refractivity contribution in [1.82, 2.24) is 20.1 Å². The first-order valence-corrected chi connectivity index (χ1v) is 16.9. The predicted octanol–water partition coefficient (Wildman–Crippen LogP) is 2.90. The molecule has 4 amide bonds. The van der Waals surface area contributed by atoms with Crippen molar-refractivity contribution in [3.8, 4) is 0 Å². The van der Waals surface area contributed by atoms with Gasteiger partial charge in [-0.3, -0.25) is 24.0 Å². The molecule has 2 aromatic carbocycles. The van der Waals surface area contributed by atoms with Crippen molar-refractivity contribution in [2.75, 3.05) is 13.1 Å². The highest BCUT2D eigenvalue weighted by Gasteiger charge is 2.50. The maximum absolute atomic E-state index is 14.6. The Balaban J connectivity index is 0.00000364. The number of primary amides is 1. The van der Waals surface area contributed by atoms with Crippen molar-refractivity contribution in [1.29, 1.82) is 0 Å². The van der Waals surface area contributed by atoms with E-state index in [1.54, 1.807) is 45.0 Å². The van der Waals surface area contributed by atoms with Crippen molar-refractivity contribution in [2.45, 2.75) is 81.9 Å². The number of likely N-dealkylation sites (tertiary alicyclic amines) is 1. The van der Waals surface area contributed by atoms with Crippen molar-refractivity contribution in [3.63, 3.8) is 0 Å². The van der Waals surface area contributed by atoms with Gasteiger partial charge in [-0.2, -0.15) is 27.0 Å². The lowest BCUT2D eigenvalue weighted by Crippen LogP contribution is -2.55. The van der Waals surface area contributed by atoms with Gasteiger partial charge in [-0.25, -0.2) is 4.79 Å². The van der Waals surface area contributed by atoms with Crippen LogP contribution in [0.4, 0.5) is 0 Å². The van der Waals surface area contributed by atoms with Crippen LogP contribution in [0, 0.1) is 0 Å². The molecule has 0 unspecified atom stereocenters. The van der Waals surface area contributed by atoms with Gasteiger partial charge in [-0.15, -0.1) is 0 Å². The summed E-state index contributed by atoms with van der Waals surface area (Å²) in [5.74, 6) is -3.06.